The predicted octanol–water partition coefficient (Wildman–Crippen LogP) is 2.85. The van der Waals surface area contributed by atoms with E-state index in [0.29, 0.717) is 25.3 Å². The predicted molar refractivity (Wildman–Crippen MR) is 78.7 cm³/mol. The third-order valence-electron chi connectivity index (χ3n) is 4.52. The average Bonchev–Trinajstić information content (AvgIpc) is 2.39. The van der Waals surface area contributed by atoms with E-state index in [1.54, 1.807) is 4.90 Å². The van der Waals surface area contributed by atoms with Crippen LogP contribution in [0.3, 0.4) is 0 Å². The average molecular weight is 284 g/mol. The molecular formula is C15H28N2O3. The van der Waals surface area contributed by atoms with E-state index < -0.39 is 11.5 Å². The van der Waals surface area contributed by atoms with Crippen molar-refractivity contribution in [2.45, 2.75) is 71.4 Å². The van der Waals surface area contributed by atoms with Crippen molar-refractivity contribution in [3.05, 3.63) is 0 Å². The van der Waals surface area contributed by atoms with Crippen LogP contribution < -0.4 is 5.32 Å². The Labute approximate surface area is 121 Å². The first-order chi connectivity index (χ1) is 9.36. The first-order valence-corrected chi connectivity index (χ1v) is 7.68. The summed E-state index contributed by atoms with van der Waals surface area (Å²) in [6, 6.07) is -0.197. The lowest BCUT2D eigenvalue weighted by atomic mass is 9.75. The number of hydrogen-bond donors (Lipinski definition) is 2. The lowest BCUT2D eigenvalue weighted by molar-refractivity contribution is -0.146. The molecule has 1 fully saturated rings. The normalized spacial score (nSPS) is 26.4. The molecule has 0 radical (unpaired) electrons. The van der Waals surface area contributed by atoms with E-state index in [9.17, 15) is 14.7 Å². The fourth-order valence-electron chi connectivity index (χ4n) is 2.99. The molecule has 116 valence electrons. The van der Waals surface area contributed by atoms with Crippen LogP contribution in [0.15, 0.2) is 0 Å². The molecule has 5 heteroatoms. The van der Waals surface area contributed by atoms with Gasteiger partial charge in [-0.1, -0.05) is 13.3 Å². The molecule has 20 heavy (non-hydrogen) atoms. The molecule has 0 heterocycles. The minimum Gasteiger partial charge on any atom is -0.480 e. The van der Waals surface area contributed by atoms with Gasteiger partial charge in [0.15, 0.2) is 0 Å². The third-order valence-corrected chi connectivity index (χ3v) is 4.52. The molecule has 0 saturated heterocycles. The van der Waals surface area contributed by atoms with Gasteiger partial charge >= 0.3 is 12.0 Å². The summed E-state index contributed by atoms with van der Waals surface area (Å²) in [5.41, 5.74) is -1.08. The van der Waals surface area contributed by atoms with Gasteiger partial charge in [-0.25, -0.2) is 9.59 Å². The van der Waals surface area contributed by atoms with Crippen LogP contribution in [0.4, 0.5) is 4.79 Å². The van der Waals surface area contributed by atoms with E-state index in [-0.39, 0.29) is 12.1 Å². The van der Waals surface area contributed by atoms with E-state index in [1.807, 2.05) is 20.8 Å². The largest absolute Gasteiger partial charge is 0.480 e. The van der Waals surface area contributed by atoms with Gasteiger partial charge in [0, 0.05) is 12.6 Å². The summed E-state index contributed by atoms with van der Waals surface area (Å²) in [4.78, 5) is 25.6. The van der Waals surface area contributed by atoms with Crippen molar-refractivity contribution in [2.24, 2.45) is 5.92 Å². The van der Waals surface area contributed by atoms with Crippen LogP contribution in [0.25, 0.3) is 0 Å². The smallest absolute Gasteiger partial charge is 0.329 e. The van der Waals surface area contributed by atoms with E-state index in [4.69, 9.17) is 0 Å². The number of carbonyl (C=O) groups is 2. The number of carboxylic acids is 1. The Balaban J connectivity index is 2.78. The van der Waals surface area contributed by atoms with Crippen molar-refractivity contribution in [1.82, 2.24) is 10.2 Å². The number of rotatable bonds is 5. The molecule has 0 aliphatic heterocycles. The van der Waals surface area contributed by atoms with Crippen LogP contribution in [-0.2, 0) is 4.79 Å². The van der Waals surface area contributed by atoms with Crippen LogP contribution in [-0.4, -0.2) is 40.1 Å². The monoisotopic (exact) mass is 284 g/mol. The van der Waals surface area contributed by atoms with Crippen molar-refractivity contribution in [3.8, 4) is 0 Å². The van der Waals surface area contributed by atoms with E-state index >= 15 is 0 Å². The summed E-state index contributed by atoms with van der Waals surface area (Å²) in [6.07, 6.45) is 3.88. The summed E-state index contributed by atoms with van der Waals surface area (Å²) in [5.74, 6) is -0.313. The molecule has 0 aromatic carbocycles. The summed E-state index contributed by atoms with van der Waals surface area (Å²) >= 11 is 0. The Bertz CT molecular complexity index is 347. The standard InChI is InChI=1S/C15H28N2O3/c1-5-12-7-9-15(10-8-12,13(18)19)16-14(20)17(6-2)11(3)4/h11-12H,5-10H2,1-4H3,(H,16,20)(H,18,19). The summed E-state index contributed by atoms with van der Waals surface area (Å²) < 4.78 is 0. The van der Waals surface area contributed by atoms with Crippen molar-refractivity contribution >= 4 is 12.0 Å². The zero-order chi connectivity index (χ0) is 15.3. The second kappa shape index (κ2) is 6.95. The summed E-state index contributed by atoms with van der Waals surface area (Å²) in [7, 11) is 0. The maximum absolute atomic E-state index is 12.3. The Hall–Kier alpha value is -1.26. The van der Waals surface area contributed by atoms with Gasteiger partial charge in [0.05, 0.1) is 0 Å². The van der Waals surface area contributed by atoms with Gasteiger partial charge in [-0.2, -0.15) is 0 Å². The first kappa shape index (κ1) is 16.8. The van der Waals surface area contributed by atoms with Crippen LogP contribution in [0.2, 0.25) is 0 Å². The maximum Gasteiger partial charge on any atom is 0.329 e. The highest BCUT2D eigenvalue weighted by atomic mass is 16.4. The molecule has 0 atom stereocenters. The molecule has 5 nitrogen and oxygen atoms in total. The van der Waals surface area contributed by atoms with Crippen LogP contribution >= 0.6 is 0 Å². The van der Waals surface area contributed by atoms with E-state index in [0.717, 1.165) is 19.3 Å². The topological polar surface area (TPSA) is 69.6 Å². The van der Waals surface area contributed by atoms with Gasteiger partial charge in [0.1, 0.15) is 5.54 Å². The fourth-order valence-corrected chi connectivity index (χ4v) is 2.99. The van der Waals surface area contributed by atoms with E-state index in [1.165, 1.54) is 0 Å². The number of aliphatic carboxylic acids is 1. The minimum atomic E-state index is -1.08. The van der Waals surface area contributed by atoms with Crippen molar-refractivity contribution < 1.29 is 14.7 Å². The van der Waals surface area contributed by atoms with Gasteiger partial charge in [-0.3, -0.25) is 0 Å². The van der Waals surface area contributed by atoms with E-state index in [2.05, 4.69) is 12.2 Å². The van der Waals surface area contributed by atoms with Crippen molar-refractivity contribution in [3.63, 3.8) is 0 Å². The number of nitrogens with one attached hydrogen (secondary N) is 1. The Kier molecular flexibility index (Phi) is 5.84. The number of nitrogens with zero attached hydrogens (tertiary/aromatic N) is 1. The van der Waals surface area contributed by atoms with Crippen LogP contribution in [0.5, 0.6) is 0 Å². The highest BCUT2D eigenvalue weighted by molar-refractivity contribution is 5.86. The minimum absolute atomic E-state index is 0.0674. The van der Waals surface area contributed by atoms with Gasteiger partial charge < -0.3 is 15.3 Å². The summed E-state index contributed by atoms with van der Waals surface area (Å²) in [6.45, 7) is 8.49. The fraction of sp³-hybridized carbons (Fsp3) is 0.867. The summed E-state index contributed by atoms with van der Waals surface area (Å²) in [5, 5.41) is 12.4. The third kappa shape index (κ3) is 3.64. The molecule has 1 aliphatic carbocycles. The van der Waals surface area contributed by atoms with Crippen LogP contribution in [0.1, 0.15) is 59.8 Å². The maximum atomic E-state index is 12.3. The zero-order valence-corrected chi connectivity index (χ0v) is 13.1. The second-order valence-electron chi connectivity index (χ2n) is 6.05. The molecular weight excluding hydrogens is 256 g/mol. The van der Waals surface area contributed by atoms with Crippen molar-refractivity contribution in [1.29, 1.82) is 0 Å². The molecule has 1 aliphatic rings. The molecule has 0 bridgehead atoms. The quantitative estimate of drug-likeness (QED) is 0.815. The number of urea groups is 1. The Morgan fingerprint density at radius 1 is 1.30 bits per heavy atom. The lowest BCUT2D eigenvalue weighted by Gasteiger charge is -2.39. The molecule has 0 aromatic heterocycles. The first-order valence-electron chi connectivity index (χ1n) is 7.68. The molecule has 0 aromatic rings. The number of amides is 2. The van der Waals surface area contributed by atoms with Gasteiger partial charge in [-0.15, -0.1) is 0 Å². The Morgan fingerprint density at radius 2 is 1.85 bits per heavy atom. The molecule has 1 rings (SSSR count). The van der Waals surface area contributed by atoms with Gasteiger partial charge in [-0.05, 0) is 52.4 Å². The lowest BCUT2D eigenvalue weighted by Crippen LogP contribution is -2.60. The van der Waals surface area contributed by atoms with Gasteiger partial charge in [0.25, 0.3) is 0 Å². The molecule has 0 unspecified atom stereocenters. The highest BCUT2D eigenvalue weighted by Gasteiger charge is 2.43. The van der Waals surface area contributed by atoms with Crippen molar-refractivity contribution in [2.75, 3.05) is 6.54 Å². The number of hydrogen-bond acceptors (Lipinski definition) is 2. The SMILES string of the molecule is CCC1CCC(NC(=O)N(CC)C(C)C)(C(=O)O)CC1. The number of carbonyl (C=O) groups excluding carboxylic acids is 1. The molecule has 2 amide bonds. The molecule has 1 saturated carbocycles. The van der Waals surface area contributed by atoms with Crippen LogP contribution in [0, 0.1) is 5.92 Å². The highest BCUT2D eigenvalue weighted by Crippen LogP contribution is 2.34. The molecule has 0 spiro atoms. The second-order valence-corrected chi connectivity index (χ2v) is 6.05. The number of carboxylic acid groups (broad SMARTS) is 1. The molecule has 2 N–H and O–H groups in total. The zero-order valence-electron chi connectivity index (χ0n) is 13.1. The van der Waals surface area contributed by atoms with Gasteiger partial charge in [0.2, 0.25) is 0 Å². The Morgan fingerprint density at radius 3 is 2.20 bits per heavy atom.